The number of rotatable bonds is 2. The largest absolute Gasteiger partial charge is 0.261 e. The van der Waals surface area contributed by atoms with Crippen LogP contribution < -0.4 is 0 Å². The highest BCUT2D eigenvalue weighted by Gasteiger charge is 2.21. The van der Waals surface area contributed by atoms with Crippen molar-refractivity contribution in [2.24, 2.45) is 9.98 Å². The number of benzene rings is 2. The van der Waals surface area contributed by atoms with E-state index in [-0.39, 0.29) is 0 Å². The maximum Gasteiger partial charge on any atom is 0.0707 e. The van der Waals surface area contributed by atoms with Gasteiger partial charge in [0, 0.05) is 23.6 Å². The Hall–Kier alpha value is -2.22. The molecule has 0 radical (unpaired) electrons. The van der Waals surface area contributed by atoms with Crippen LogP contribution in [0.25, 0.3) is 11.1 Å². The lowest BCUT2D eigenvalue weighted by atomic mass is 9.83. The quantitative estimate of drug-likeness (QED) is 0.688. The summed E-state index contributed by atoms with van der Waals surface area (Å²) in [6, 6.07) is 12.8. The highest BCUT2D eigenvalue weighted by Crippen LogP contribution is 2.44. The lowest BCUT2D eigenvalue weighted by molar-refractivity contribution is 0.942. The molecule has 2 aromatic rings. The fraction of sp³-hybridized carbons (Fsp3) is 0.222. The zero-order valence-corrected chi connectivity index (χ0v) is 11.9. The molecule has 2 nitrogen and oxygen atoms in total. The number of nitrogens with zero attached hydrogens (tertiary/aromatic N) is 2. The molecule has 3 rings (SSSR count). The molecule has 100 valence electrons. The number of aliphatic imine (C=N–C) groups is 2. The van der Waals surface area contributed by atoms with E-state index in [0.717, 1.165) is 24.2 Å². The van der Waals surface area contributed by atoms with Crippen molar-refractivity contribution in [3.8, 4) is 11.1 Å². The van der Waals surface area contributed by atoms with Gasteiger partial charge in [0.05, 0.1) is 11.4 Å². The molecule has 0 fully saturated rings. The topological polar surface area (TPSA) is 24.7 Å². The number of aryl methyl sites for hydroxylation is 2. The maximum absolute atomic E-state index is 4.54. The van der Waals surface area contributed by atoms with Crippen LogP contribution in [0.1, 0.15) is 25.0 Å². The van der Waals surface area contributed by atoms with Gasteiger partial charge in [-0.2, -0.15) is 0 Å². The summed E-state index contributed by atoms with van der Waals surface area (Å²) >= 11 is 0. The van der Waals surface area contributed by atoms with E-state index >= 15 is 0 Å². The standard InChI is InChI=1S/C18H18N2/c1-3-19-15-9-5-7-13-11-12-14-8-6-10-16(20-4-2)18(14)17(13)15/h3-10H,11-12H2,1-2H3. The predicted molar refractivity (Wildman–Crippen MR) is 86.9 cm³/mol. The first-order chi connectivity index (χ1) is 9.85. The smallest absolute Gasteiger partial charge is 0.0707 e. The van der Waals surface area contributed by atoms with E-state index in [0.29, 0.717) is 0 Å². The first kappa shape index (κ1) is 12.8. The van der Waals surface area contributed by atoms with E-state index in [1.165, 1.54) is 22.3 Å². The van der Waals surface area contributed by atoms with E-state index in [1.54, 1.807) is 0 Å². The molecular weight excluding hydrogens is 244 g/mol. The number of hydrogen-bond donors (Lipinski definition) is 0. The molecule has 0 N–H and O–H groups in total. The van der Waals surface area contributed by atoms with Gasteiger partial charge in [-0.25, -0.2) is 0 Å². The third kappa shape index (κ3) is 2.07. The second-order valence-electron chi connectivity index (χ2n) is 4.90. The normalized spacial score (nSPS) is 13.7. The Kier molecular flexibility index (Phi) is 3.46. The summed E-state index contributed by atoms with van der Waals surface area (Å²) in [5.74, 6) is 0. The summed E-state index contributed by atoms with van der Waals surface area (Å²) in [5.41, 5.74) is 7.36. The Morgan fingerprint density at radius 2 is 1.20 bits per heavy atom. The zero-order chi connectivity index (χ0) is 13.9. The van der Waals surface area contributed by atoms with Gasteiger partial charge in [0.25, 0.3) is 0 Å². The first-order valence-electron chi connectivity index (χ1n) is 7.06. The van der Waals surface area contributed by atoms with Crippen LogP contribution in [0, 0.1) is 0 Å². The first-order valence-corrected chi connectivity index (χ1v) is 7.06. The fourth-order valence-corrected chi connectivity index (χ4v) is 2.93. The molecule has 0 bridgehead atoms. The number of fused-ring (bicyclic) bond motifs is 3. The maximum atomic E-state index is 4.54. The molecule has 1 aliphatic rings. The summed E-state index contributed by atoms with van der Waals surface area (Å²) in [6.07, 6.45) is 5.87. The summed E-state index contributed by atoms with van der Waals surface area (Å²) in [6.45, 7) is 3.92. The van der Waals surface area contributed by atoms with Gasteiger partial charge in [0.2, 0.25) is 0 Å². The number of hydrogen-bond acceptors (Lipinski definition) is 2. The average molecular weight is 262 g/mol. The molecule has 2 aromatic carbocycles. The predicted octanol–water partition coefficient (Wildman–Crippen LogP) is 4.90. The highest BCUT2D eigenvalue weighted by molar-refractivity contribution is 5.91. The van der Waals surface area contributed by atoms with E-state index in [2.05, 4.69) is 46.4 Å². The molecule has 2 heteroatoms. The van der Waals surface area contributed by atoms with E-state index < -0.39 is 0 Å². The Bertz CT molecular complexity index is 635. The van der Waals surface area contributed by atoms with Crippen molar-refractivity contribution in [1.29, 1.82) is 0 Å². The molecule has 0 unspecified atom stereocenters. The van der Waals surface area contributed by atoms with Crippen molar-refractivity contribution >= 4 is 23.8 Å². The van der Waals surface area contributed by atoms with Crippen LogP contribution in [0.4, 0.5) is 11.4 Å². The monoisotopic (exact) mass is 262 g/mol. The highest BCUT2D eigenvalue weighted by atomic mass is 14.7. The lowest BCUT2D eigenvalue weighted by Gasteiger charge is -2.22. The Morgan fingerprint density at radius 3 is 1.60 bits per heavy atom. The SMILES string of the molecule is CC=Nc1cccc2c1-c1c(cccc1N=CC)CC2. The van der Waals surface area contributed by atoms with Crippen LogP contribution >= 0.6 is 0 Å². The van der Waals surface area contributed by atoms with E-state index in [1.807, 2.05) is 26.3 Å². The summed E-state index contributed by atoms with van der Waals surface area (Å²) in [4.78, 5) is 9.09. The zero-order valence-electron chi connectivity index (χ0n) is 11.9. The van der Waals surface area contributed by atoms with Crippen LogP contribution in [0.15, 0.2) is 46.4 Å². The lowest BCUT2D eigenvalue weighted by Crippen LogP contribution is -2.04. The van der Waals surface area contributed by atoms with Crippen molar-refractivity contribution in [2.45, 2.75) is 26.7 Å². The third-order valence-corrected chi connectivity index (χ3v) is 3.71. The van der Waals surface area contributed by atoms with Gasteiger partial charge in [0.15, 0.2) is 0 Å². The third-order valence-electron chi connectivity index (χ3n) is 3.71. The van der Waals surface area contributed by atoms with Crippen molar-refractivity contribution < 1.29 is 0 Å². The van der Waals surface area contributed by atoms with E-state index in [4.69, 9.17) is 0 Å². The molecule has 20 heavy (non-hydrogen) atoms. The molecule has 0 amide bonds. The molecule has 0 heterocycles. The Morgan fingerprint density at radius 1 is 0.750 bits per heavy atom. The molecule has 0 atom stereocenters. The minimum atomic E-state index is 1.05. The molecule has 0 aliphatic heterocycles. The Labute approximate surface area is 119 Å². The summed E-state index contributed by atoms with van der Waals surface area (Å²) in [5, 5.41) is 0. The minimum absolute atomic E-state index is 1.05. The molecule has 0 spiro atoms. The van der Waals surface area contributed by atoms with Gasteiger partial charge in [-0.15, -0.1) is 0 Å². The average Bonchev–Trinajstić information content (AvgIpc) is 2.48. The van der Waals surface area contributed by atoms with Crippen molar-refractivity contribution in [3.63, 3.8) is 0 Å². The van der Waals surface area contributed by atoms with Gasteiger partial charge in [-0.3, -0.25) is 9.98 Å². The molecule has 1 aliphatic carbocycles. The van der Waals surface area contributed by atoms with Crippen molar-refractivity contribution in [1.82, 2.24) is 0 Å². The summed E-state index contributed by atoms with van der Waals surface area (Å²) in [7, 11) is 0. The van der Waals surface area contributed by atoms with Gasteiger partial charge in [-0.1, -0.05) is 24.3 Å². The van der Waals surface area contributed by atoms with E-state index in [9.17, 15) is 0 Å². The fourth-order valence-electron chi connectivity index (χ4n) is 2.93. The minimum Gasteiger partial charge on any atom is -0.261 e. The van der Waals surface area contributed by atoms with Crippen LogP contribution in [-0.2, 0) is 12.8 Å². The second kappa shape index (κ2) is 5.41. The van der Waals surface area contributed by atoms with Gasteiger partial charge in [0.1, 0.15) is 0 Å². The second-order valence-corrected chi connectivity index (χ2v) is 4.90. The summed E-state index contributed by atoms with van der Waals surface area (Å²) < 4.78 is 0. The van der Waals surface area contributed by atoms with Crippen molar-refractivity contribution in [3.05, 3.63) is 47.5 Å². The van der Waals surface area contributed by atoms with Crippen LogP contribution in [0.2, 0.25) is 0 Å². The van der Waals surface area contributed by atoms with Crippen LogP contribution in [0.5, 0.6) is 0 Å². The molecule has 0 saturated carbocycles. The van der Waals surface area contributed by atoms with Crippen molar-refractivity contribution in [2.75, 3.05) is 0 Å². The Balaban J connectivity index is 2.33. The molecule has 0 aromatic heterocycles. The van der Waals surface area contributed by atoms with Crippen LogP contribution in [0.3, 0.4) is 0 Å². The van der Waals surface area contributed by atoms with Gasteiger partial charge in [-0.05, 0) is 49.9 Å². The molecule has 0 saturated heterocycles. The van der Waals surface area contributed by atoms with Gasteiger partial charge < -0.3 is 0 Å². The van der Waals surface area contributed by atoms with Gasteiger partial charge >= 0.3 is 0 Å². The molecular formula is C18H18N2. The van der Waals surface area contributed by atoms with Crippen LogP contribution in [-0.4, -0.2) is 12.4 Å².